The van der Waals surface area contributed by atoms with E-state index < -0.39 is 99.7 Å². The van der Waals surface area contributed by atoms with E-state index in [1.54, 1.807) is 67.4 Å². The van der Waals surface area contributed by atoms with Gasteiger partial charge in [0.05, 0.1) is 52.3 Å². The number of ether oxygens (including phenoxy) is 3. The first kappa shape index (κ1) is 74.3. The van der Waals surface area contributed by atoms with Crippen molar-refractivity contribution in [2.24, 2.45) is 33.6 Å². The molecule has 2 unspecified atom stereocenters. The summed E-state index contributed by atoms with van der Waals surface area (Å²) in [7, 11) is -4.55. The van der Waals surface area contributed by atoms with Gasteiger partial charge in [-0.1, -0.05) is 69.7 Å². The van der Waals surface area contributed by atoms with Crippen molar-refractivity contribution in [1.29, 1.82) is 0 Å². The van der Waals surface area contributed by atoms with E-state index in [1.165, 1.54) is 40.5 Å². The Kier molecular flexibility index (Phi) is 22.1. The van der Waals surface area contributed by atoms with Crippen LogP contribution in [0, 0.1) is 29.1 Å². The minimum atomic E-state index is -4.55. The van der Waals surface area contributed by atoms with Crippen LogP contribution in [0.3, 0.4) is 0 Å². The monoisotopic (exact) mass is 1450 g/mol. The predicted octanol–water partition coefficient (Wildman–Crippen LogP) is 8.58. The number of urea groups is 2. The number of carbonyl (C=O) groups excluding carboxylic acids is 8. The molecule has 6 aliphatic rings. The lowest BCUT2D eigenvalue weighted by Gasteiger charge is -2.69. The summed E-state index contributed by atoms with van der Waals surface area (Å²) in [4.78, 5) is 132. The van der Waals surface area contributed by atoms with E-state index in [0.717, 1.165) is 57.8 Å². The second-order valence-corrected chi connectivity index (χ2v) is 31.4. The third-order valence-electron chi connectivity index (χ3n) is 20.0. The summed E-state index contributed by atoms with van der Waals surface area (Å²) < 4.78 is 55.8. The van der Waals surface area contributed by atoms with E-state index in [4.69, 9.17) is 35.8 Å². The number of benzene rings is 3. The van der Waals surface area contributed by atoms with E-state index in [0.29, 0.717) is 76.7 Å². The summed E-state index contributed by atoms with van der Waals surface area (Å²) in [6.07, 6.45) is 9.53. The highest BCUT2D eigenvalue weighted by molar-refractivity contribution is 7.85. The number of amides is 10. The van der Waals surface area contributed by atoms with Crippen LogP contribution in [-0.2, 0) is 56.7 Å². The molecule has 2 aliphatic heterocycles. The van der Waals surface area contributed by atoms with E-state index in [9.17, 15) is 61.2 Å². The summed E-state index contributed by atoms with van der Waals surface area (Å²) in [5, 5.41) is 24.3. The molecule has 548 valence electrons. The number of carboxylic acids is 1. The molecule has 0 spiro atoms. The molecular formula is C72H87N13O16S2. The Morgan fingerprint density at radius 1 is 0.845 bits per heavy atom. The van der Waals surface area contributed by atoms with Crippen LogP contribution >= 0.6 is 11.3 Å². The minimum absolute atomic E-state index is 0.00805. The van der Waals surface area contributed by atoms with Gasteiger partial charge in [-0.05, 0) is 153 Å². The number of thiazole rings is 1. The summed E-state index contributed by atoms with van der Waals surface area (Å²) in [6.45, 7) is 10.3. The second kappa shape index (κ2) is 30.6. The fraction of sp³-hybridized carbons (Fsp3) is 0.472. The van der Waals surface area contributed by atoms with Gasteiger partial charge in [-0.3, -0.25) is 53.2 Å². The van der Waals surface area contributed by atoms with Gasteiger partial charge < -0.3 is 46.3 Å². The van der Waals surface area contributed by atoms with Crippen molar-refractivity contribution in [3.63, 3.8) is 0 Å². The molecular weight excluding hydrogens is 1370 g/mol. The number of aromatic carboxylic acids is 1. The number of aromatic nitrogens is 4. The highest BCUT2D eigenvalue weighted by atomic mass is 32.2. The van der Waals surface area contributed by atoms with Crippen LogP contribution in [0.25, 0.3) is 32.6 Å². The molecule has 10 amide bonds. The van der Waals surface area contributed by atoms with Crippen molar-refractivity contribution in [3.05, 3.63) is 114 Å². The molecule has 31 heteroatoms. The van der Waals surface area contributed by atoms with Gasteiger partial charge in [-0.2, -0.15) is 13.5 Å². The first-order valence-corrected chi connectivity index (χ1v) is 36.9. The summed E-state index contributed by atoms with van der Waals surface area (Å²) in [6, 6.07) is 18.9. The van der Waals surface area contributed by atoms with Crippen molar-refractivity contribution in [1.82, 2.24) is 40.2 Å². The van der Waals surface area contributed by atoms with Crippen molar-refractivity contribution in [2.75, 3.05) is 66.8 Å². The van der Waals surface area contributed by atoms with Crippen molar-refractivity contribution >= 4 is 102 Å². The molecule has 3 aromatic carbocycles. The Labute approximate surface area is 599 Å². The molecule has 4 fully saturated rings. The first-order chi connectivity index (χ1) is 48.9. The molecule has 4 atom stereocenters. The van der Waals surface area contributed by atoms with Crippen LogP contribution in [0.15, 0.2) is 97.2 Å². The summed E-state index contributed by atoms with van der Waals surface area (Å²) in [5.74, 6) is -4.81. The number of unbranched alkanes of at least 4 members (excludes halogenated alkanes) is 2. The maximum Gasteiger partial charge on any atom is 0.410 e. The molecule has 4 bridgehead atoms. The van der Waals surface area contributed by atoms with Gasteiger partial charge in [0, 0.05) is 79.4 Å². The lowest BCUT2D eigenvalue weighted by atomic mass is 9.39. The number of hydrogen-bond acceptors (Lipinski definition) is 18. The van der Waals surface area contributed by atoms with Gasteiger partial charge in [0.15, 0.2) is 10.8 Å². The Bertz CT molecular complexity index is 4350. The zero-order chi connectivity index (χ0) is 73.8. The molecule has 3 aromatic heterocycles. The van der Waals surface area contributed by atoms with E-state index >= 15 is 0 Å². The number of nitrogens with zero attached hydrogens (tertiary/aromatic N) is 8. The molecule has 0 saturated heterocycles. The highest BCUT2D eigenvalue weighted by Crippen LogP contribution is 2.72. The Hall–Kier alpha value is -9.85. The predicted molar refractivity (Wildman–Crippen MR) is 382 cm³/mol. The molecule has 12 rings (SSSR count). The van der Waals surface area contributed by atoms with Gasteiger partial charge in [0.1, 0.15) is 31.0 Å². The van der Waals surface area contributed by atoms with Gasteiger partial charge >= 0.3 is 24.1 Å². The van der Waals surface area contributed by atoms with Crippen LogP contribution in [0.2, 0.25) is 0 Å². The van der Waals surface area contributed by atoms with Crippen LogP contribution in [0.5, 0.6) is 5.75 Å². The number of anilines is 3. The van der Waals surface area contributed by atoms with Gasteiger partial charge in [0.2, 0.25) is 11.8 Å². The van der Waals surface area contributed by atoms with Gasteiger partial charge in [-0.15, -0.1) is 0 Å². The van der Waals surface area contributed by atoms with Crippen molar-refractivity contribution in [3.8, 4) is 28.1 Å². The zero-order valence-corrected chi connectivity index (χ0v) is 59.8. The quantitative estimate of drug-likeness (QED) is 0.0122. The standard InChI is InChI=1S/C72H87N13O16S2/c1-44(2)60(79-57(86)15-7-6-10-27-83-58(87)24-25-59(83)88)63(90)85(53(62(73)89)13-11-26-75-65(74)93)48-19-16-46(17-20-48)36-100-68(95)81(30-33-103(96,97)98)28-32-101-72-40-69(4)37-70(5,41-72)39-71(38-69,42-72)43-84-45(3)50(35-76-84)49-21-22-51(77-61(49)64(91)92)47-18-23-55-54(34-47)82(29-31-99-55)67(94)80-66-78-52-12-8-9-14-56(52)102-66/h8-9,12,14,16-25,34-35,44,53,60H,6-7,10-11,13,15,26-33,36-43H2,1-5H3,(H2,73,89)(H,79,86)(H,91,92)(H3,74,75,93)(H,78,80,94)(H,96,97,98)/t53-,60-,69?,70?,71?,72?/m0/s1. The number of rotatable bonds is 31. The van der Waals surface area contributed by atoms with Crippen LogP contribution in [0.4, 0.5) is 30.9 Å². The van der Waals surface area contributed by atoms with Crippen LogP contribution < -0.4 is 42.0 Å². The van der Waals surface area contributed by atoms with E-state index in [1.807, 2.05) is 35.9 Å². The number of fused-ring (bicyclic) bond motifs is 2. The Balaban J connectivity index is 0.745. The number of nitrogens with one attached hydrogen (secondary N) is 3. The smallest absolute Gasteiger partial charge is 0.410 e. The number of hydrogen-bond donors (Lipinski definition) is 7. The fourth-order valence-electron chi connectivity index (χ4n) is 16.6. The largest absolute Gasteiger partial charge is 0.490 e. The molecule has 9 N–H and O–H groups in total. The van der Waals surface area contributed by atoms with Crippen molar-refractivity contribution in [2.45, 2.75) is 143 Å². The topological polar surface area (TPSA) is 401 Å². The zero-order valence-electron chi connectivity index (χ0n) is 58.2. The maximum absolute atomic E-state index is 14.8. The number of para-hydroxylation sites is 1. The molecule has 103 heavy (non-hydrogen) atoms. The number of carboxylic acid groups (broad SMARTS) is 1. The Morgan fingerprint density at radius 2 is 1.57 bits per heavy atom. The average molecular weight is 1450 g/mol. The number of primary amides is 2. The lowest BCUT2D eigenvalue weighted by molar-refractivity contribution is -0.248. The number of nitrogens with two attached hydrogens (primary N) is 2. The highest BCUT2D eigenvalue weighted by Gasteiger charge is 2.66. The maximum atomic E-state index is 14.8. The van der Waals surface area contributed by atoms with E-state index in [-0.39, 0.29) is 92.9 Å². The average Bonchev–Trinajstić information content (AvgIpc) is 0.728. The van der Waals surface area contributed by atoms with Crippen LogP contribution in [-0.4, -0.2) is 171 Å². The number of imide groups is 1. The number of carbonyl (C=O) groups is 9. The molecule has 0 radical (unpaired) electrons. The second-order valence-electron chi connectivity index (χ2n) is 28.8. The summed E-state index contributed by atoms with van der Waals surface area (Å²) in [5.41, 5.74) is 14.4. The third-order valence-corrected chi connectivity index (χ3v) is 21.6. The fourth-order valence-corrected chi connectivity index (χ4v) is 17.9. The molecule has 5 heterocycles. The van der Waals surface area contributed by atoms with Crippen LogP contribution in [0.1, 0.15) is 126 Å². The van der Waals surface area contributed by atoms with Gasteiger partial charge in [-0.25, -0.2) is 29.1 Å². The lowest BCUT2D eigenvalue weighted by Crippen LogP contribution is -2.64. The Morgan fingerprint density at radius 3 is 2.25 bits per heavy atom. The normalized spacial score (nSPS) is 20.9. The SMILES string of the molecule is Cc1c(-c2ccc(-c3ccc4c(c3)N(C(=O)Nc3nc5ccccc5s3)CCO4)nc2C(=O)O)cnn1CC12CC3(C)CC(C)(C1)CC(OCCN(CCS(=O)(=O)O)C(=O)OCc1ccc(N(C(=O)[C@@H](NC(=O)CCCCCN4C(=O)C=CC4=O)C(C)C)[C@@H](CCCNC(N)=O)C(N)=O)cc1)(C3)C2. The van der Waals surface area contributed by atoms with E-state index in [2.05, 4.69) is 34.8 Å². The summed E-state index contributed by atoms with van der Waals surface area (Å²) >= 11 is 1.36. The van der Waals surface area contributed by atoms with Crippen molar-refractivity contribution < 1.29 is 75.4 Å². The third kappa shape index (κ3) is 17.5. The molecule has 4 saturated carbocycles. The van der Waals surface area contributed by atoms with Gasteiger partial charge in [0.25, 0.3) is 27.8 Å². The first-order valence-electron chi connectivity index (χ1n) is 34.5. The molecule has 4 aliphatic carbocycles. The molecule has 29 nitrogen and oxygen atoms in total. The minimum Gasteiger partial charge on any atom is -0.490 e. The molecule has 6 aromatic rings. The number of pyridine rings is 1.